The molecule has 22 heavy (non-hydrogen) atoms. The Balaban J connectivity index is 3.14. The summed E-state index contributed by atoms with van der Waals surface area (Å²) in [5, 5.41) is 9.13. The Kier molecular flexibility index (Phi) is 6.89. The van der Waals surface area contributed by atoms with E-state index in [1.54, 1.807) is 19.1 Å². The topological polar surface area (TPSA) is 66.8 Å². The smallest absolute Gasteiger partial charge is 0.308 e. The summed E-state index contributed by atoms with van der Waals surface area (Å²) in [6.07, 6.45) is 1.06. The first-order chi connectivity index (χ1) is 10.4. The van der Waals surface area contributed by atoms with Crippen LogP contribution in [-0.4, -0.2) is 29.6 Å². The SMILES string of the molecule is CCCC(=O)N(CC(C)C(=O)O)c1ccccc1OC(C)C. The number of aliphatic carboxylic acids is 1. The highest BCUT2D eigenvalue weighted by molar-refractivity contribution is 5.95. The lowest BCUT2D eigenvalue weighted by molar-refractivity contribution is -0.140. The molecule has 0 saturated carbocycles. The quantitative estimate of drug-likeness (QED) is 0.800. The van der Waals surface area contributed by atoms with Gasteiger partial charge in [0.05, 0.1) is 17.7 Å². The van der Waals surface area contributed by atoms with Crippen molar-refractivity contribution in [2.45, 2.75) is 46.6 Å². The van der Waals surface area contributed by atoms with Gasteiger partial charge in [-0.05, 0) is 32.4 Å². The lowest BCUT2D eigenvalue weighted by Gasteiger charge is -2.27. The first-order valence-corrected chi connectivity index (χ1v) is 7.65. The molecule has 1 unspecified atom stereocenters. The molecule has 1 N–H and O–H groups in total. The highest BCUT2D eigenvalue weighted by Crippen LogP contribution is 2.30. The molecule has 5 nitrogen and oxygen atoms in total. The average molecular weight is 307 g/mol. The monoisotopic (exact) mass is 307 g/mol. The van der Waals surface area contributed by atoms with Gasteiger partial charge in [-0.1, -0.05) is 26.0 Å². The van der Waals surface area contributed by atoms with Crippen LogP contribution in [0.15, 0.2) is 24.3 Å². The summed E-state index contributed by atoms with van der Waals surface area (Å²) in [7, 11) is 0. The van der Waals surface area contributed by atoms with Crippen LogP contribution in [0.1, 0.15) is 40.5 Å². The van der Waals surface area contributed by atoms with Crippen LogP contribution in [0.2, 0.25) is 0 Å². The molecule has 1 amide bonds. The standard InChI is InChI=1S/C17H25NO4/c1-5-8-16(19)18(11-13(4)17(20)21)14-9-6-7-10-15(14)22-12(2)3/h6-7,9-10,12-13H,5,8,11H2,1-4H3,(H,20,21). The van der Waals surface area contributed by atoms with E-state index in [-0.39, 0.29) is 18.6 Å². The van der Waals surface area contributed by atoms with Gasteiger partial charge in [0.1, 0.15) is 5.75 Å². The molecule has 0 bridgehead atoms. The van der Waals surface area contributed by atoms with E-state index in [1.165, 1.54) is 4.90 Å². The Morgan fingerprint density at radius 2 is 1.86 bits per heavy atom. The van der Waals surface area contributed by atoms with E-state index in [1.807, 2.05) is 32.9 Å². The van der Waals surface area contributed by atoms with Crippen LogP contribution in [0.3, 0.4) is 0 Å². The van der Waals surface area contributed by atoms with Gasteiger partial charge in [0.15, 0.2) is 0 Å². The second-order valence-corrected chi connectivity index (χ2v) is 5.63. The largest absolute Gasteiger partial charge is 0.489 e. The third-order valence-corrected chi connectivity index (χ3v) is 3.16. The first-order valence-electron chi connectivity index (χ1n) is 7.65. The molecule has 0 saturated heterocycles. The van der Waals surface area contributed by atoms with Gasteiger partial charge < -0.3 is 14.7 Å². The van der Waals surface area contributed by atoms with Crippen molar-refractivity contribution < 1.29 is 19.4 Å². The van der Waals surface area contributed by atoms with Crippen molar-refractivity contribution in [3.8, 4) is 5.75 Å². The molecule has 5 heteroatoms. The lowest BCUT2D eigenvalue weighted by atomic mass is 10.1. The second-order valence-electron chi connectivity index (χ2n) is 5.63. The first kappa shape index (κ1) is 18.0. The molecule has 0 aliphatic rings. The Morgan fingerprint density at radius 3 is 2.41 bits per heavy atom. The molecule has 0 fully saturated rings. The van der Waals surface area contributed by atoms with Gasteiger partial charge in [-0.2, -0.15) is 0 Å². The molecular weight excluding hydrogens is 282 g/mol. The highest BCUT2D eigenvalue weighted by atomic mass is 16.5. The molecule has 1 rings (SSSR count). The zero-order chi connectivity index (χ0) is 16.7. The molecule has 0 radical (unpaired) electrons. The fraction of sp³-hybridized carbons (Fsp3) is 0.529. The zero-order valence-corrected chi connectivity index (χ0v) is 13.7. The number of carbonyl (C=O) groups is 2. The zero-order valence-electron chi connectivity index (χ0n) is 13.7. The van der Waals surface area contributed by atoms with Crippen molar-refractivity contribution in [1.29, 1.82) is 0 Å². The van der Waals surface area contributed by atoms with Crippen molar-refractivity contribution in [3.63, 3.8) is 0 Å². The van der Waals surface area contributed by atoms with Gasteiger partial charge in [-0.3, -0.25) is 9.59 Å². The van der Waals surface area contributed by atoms with Crippen molar-refractivity contribution in [3.05, 3.63) is 24.3 Å². The van der Waals surface area contributed by atoms with E-state index < -0.39 is 11.9 Å². The van der Waals surface area contributed by atoms with Gasteiger partial charge in [0.2, 0.25) is 5.91 Å². The number of amides is 1. The maximum absolute atomic E-state index is 12.4. The van der Waals surface area contributed by atoms with Crippen LogP contribution in [0.5, 0.6) is 5.75 Å². The van der Waals surface area contributed by atoms with Crippen LogP contribution < -0.4 is 9.64 Å². The molecule has 0 aliphatic heterocycles. The van der Waals surface area contributed by atoms with E-state index in [4.69, 9.17) is 9.84 Å². The van der Waals surface area contributed by atoms with Crippen molar-refractivity contribution in [2.24, 2.45) is 5.92 Å². The Hall–Kier alpha value is -2.04. The summed E-state index contributed by atoms with van der Waals surface area (Å²) in [5.74, 6) is -1.06. The molecule has 1 aromatic rings. The predicted molar refractivity (Wildman–Crippen MR) is 86.3 cm³/mol. The van der Waals surface area contributed by atoms with E-state index in [9.17, 15) is 9.59 Å². The van der Waals surface area contributed by atoms with Gasteiger partial charge in [-0.15, -0.1) is 0 Å². The lowest BCUT2D eigenvalue weighted by Crippen LogP contribution is -2.37. The number of rotatable bonds is 8. The normalized spacial score (nSPS) is 12.0. The number of nitrogens with zero attached hydrogens (tertiary/aromatic N) is 1. The maximum atomic E-state index is 12.4. The number of hydrogen-bond donors (Lipinski definition) is 1. The fourth-order valence-corrected chi connectivity index (χ4v) is 2.07. The second kappa shape index (κ2) is 8.41. The predicted octanol–water partition coefficient (Wildman–Crippen LogP) is 3.33. The Labute approximate surface area is 131 Å². The fourth-order valence-electron chi connectivity index (χ4n) is 2.07. The molecular formula is C17H25NO4. The molecule has 0 aromatic heterocycles. The van der Waals surface area contributed by atoms with Crippen LogP contribution in [0.25, 0.3) is 0 Å². The minimum absolute atomic E-state index is 0.0267. The van der Waals surface area contributed by atoms with Crippen LogP contribution >= 0.6 is 0 Å². The van der Waals surface area contributed by atoms with Gasteiger partial charge in [0, 0.05) is 13.0 Å². The minimum atomic E-state index is -0.920. The summed E-state index contributed by atoms with van der Waals surface area (Å²) in [4.78, 5) is 25.1. The van der Waals surface area contributed by atoms with Crippen molar-refractivity contribution in [1.82, 2.24) is 0 Å². The Morgan fingerprint density at radius 1 is 1.23 bits per heavy atom. The highest BCUT2D eigenvalue weighted by Gasteiger charge is 2.24. The van der Waals surface area contributed by atoms with E-state index >= 15 is 0 Å². The van der Waals surface area contributed by atoms with Crippen molar-refractivity contribution in [2.75, 3.05) is 11.4 Å². The molecule has 0 spiro atoms. The third kappa shape index (κ3) is 5.06. The minimum Gasteiger partial charge on any atom is -0.489 e. The van der Waals surface area contributed by atoms with Gasteiger partial charge in [-0.25, -0.2) is 0 Å². The van der Waals surface area contributed by atoms with E-state index in [0.29, 0.717) is 24.3 Å². The number of para-hydroxylation sites is 2. The summed E-state index contributed by atoms with van der Waals surface area (Å²) in [5.41, 5.74) is 0.628. The van der Waals surface area contributed by atoms with E-state index in [0.717, 1.165) is 0 Å². The molecule has 122 valence electrons. The van der Waals surface area contributed by atoms with Crippen LogP contribution in [0, 0.1) is 5.92 Å². The summed E-state index contributed by atoms with van der Waals surface area (Å²) < 4.78 is 5.76. The number of carboxylic acids is 1. The maximum Gasteiger partial charge on any atom is 0.308 e. The summed E-state index contributed by atoms with van der Waals surface area (Å²) in [6.45, 7) is 7.48. The number of carboxylic acid groups (broad SMARTS) is 1. The van der Waals surface area contributed by atoms with E-state index in [2.05, 4.69) is 0 Å². The molecule has 1 atom stereocenters. The average Bonchev–Trinajstić information content (AvgIpc) is 2.44. The molecule has 0 heterocycles. The number of ether oxygens (including phenoxy) is 1. The number of benzene rings is 1. The number of hydrogen-bond acceptors (Lipinski definition) is 3. The Bertz CT molecular complexity index is 513. The van der Waals surface area contributed by atoms with Crippen LogP contribution in [0.4, 0.5) is 5.69 Å². The summed E-state index contributed by atoms with van der Waals surface area (Å²) >= 11 is 0. The van der Waals surface area contributed by atoms with Crippen molar-refractivity contribution >= 4 is 17.6 Å². The van der Waals surface area contributed by atoms with Gasteiger partial charge in [0.25, 0.3) is 0 Å². The summed E-state index contributed by atoms with van der Waals surface area (Å²) in [6, 6.07) is 7.25. The molecule has 0 aliphatic carbocycles. The van der Waals surface area contributed by atoms with Crippen LogP contribution in [-0.2, 0) is 9.59 Å². The third-order valence-electron chi connectivity index (χ3n) is 3.16. The molecule has 1 aromatic carbocycles. The number of carbonyl (C=O) groups excluding carboxylic acids is 1. The number of anilines is 1. The van der Waals surface area contributed by atoms with Gasteiger partial charge >= 0.3 is 5.97 Å².